The van der Waals surface area contributed by atoms with Crippen LogP contribution in [0.1, 0.15) is 22.3 Å². The van der Waals surface area contributed by atoms with E-state index in [-0.39, 0.29) is 18.9 Å². The Labute approximate surface area is 121 Å². The maximum atomic E-state index is 13.0. The fraction of sp³-hybridized carbons (Fsp3) is 0.250. The van der Waals surface area contributed by atoms with Crippen molar-refractivity contribution in [3.05, 3.63) is 64.7 Å². The fourth-order valence-electron chi connectivity index (χ4n) is 2.01. The van der Waals surface area contributed by atoms with Crippen LogP contribution >= 0.6 is 0 Å². The van der Waals surface area contributed by atoms with Crippen LogP contribution in [0.25, 0.3) is 0 Å². The minimum atomic E-state index is -4.47. The van der Waals surface area contributed by atoms with Crippen molar-refractivity contribution in [3.63, 3.8) is 0 Å². The summed E-state index contributed by atoms with van der Waals surface area (Å²) < 4.78 is 44.4. The van der Waals surface area contributed by atoms with Gasteiger partial charge in [0.1, 0.15) is 12.4 Å². The highest BCUT2D eigenvalue weighted by Crippen LogP contribution is 2.37. The highest BCUT2D eigenvalue weighted by molar-refractivity contribution is 5.39. The van der Waals surface area contributed by atoms with Crippen molar-refractivity contribution < 1.29 is 17.9 Å². The Morgan fingerprint density at radius 2 is 1.81 bits per heavy atom. The number of alkyl halides is 3. The highest BCUT2D eigenvalue weighted by Gasteiger charge is 2.34. The lowest BCUT2D eigenvalue weighted by Crippen LogP contribution is -2.10. The Bertz CT molecular complexity index is 623. The summed E-state index contributed by atoms with van der Waals surface area (Å²) in [7, 11) is 0. The zero-order valence-electron chi connectivity index (χ0n) is 11.6. The molecule has 0 spiro atoms. The zero-order chi connectivity index (χ0) is 15.5. The lowest BCUT2D eigenvalue weighted by atomic mass is 10.1. The van der Waals surface area contributed by atoms with E-state index in [2.05, 4.69) is 0 Å². The molecule has 2 aromatic carbocycles. The van der Waals surface area contributed by atoms with Crippen molar-refractivity contribution in [3.8, 4) is 5.75 Å². The third kappa shape index (κ3) is 3.98. The van der Waals surface area contributed by atoms with Crippen LogP contribution < -0.4 is 10.5 Å². The Kier molecular flexibility index (Phi) is 4.53. The zero-order valence-corrected chi connectivity index (χ0v) is 11.6. The Balaban J connectivity index is 2.23. The molecule has 0 unspecified atom stereocenters. The van der Waals surface area contributed by atoms with E-state index < -0.39 is 11.7 Å². The number of hydrogen-bond donors (Lipinski definition) is 1. The fourth-order valence-corrected chi connectivity index (χ4v) is 2.01. The van der Waals surface area contributed by atoms with Crippen molar-refractivity contribution in [2.24, 2.45) is 5.73 Å². The molecule has 0 amide bonds. The molecular formula is C16H16F3NO. The Morgan fingerprint density at radius 3 is 2.43 bits per heavy atom. The van der Waals surface area contributed by atoms with Gasteiger partial charge in [-0.2, -0.15) is 13.2 Å². The van der Waals surface area contributed by atoms with Gasteiger partial charge in [-0.25, -0.2) is 0 Å². The predicted molar refractivity (Wildman–Crippen MR) is 74.8 cm³/mol. The van der Waals surface area contributed by atoms with Gasteiger partial charge in [0, 0.05) is 6.54 Å². The minimum Gasteiger partial charge on any atom is -0.488 e. The van der Waals surface area contributed by atoms with Crippen molar-refractivity contribution >= 4 is 0 Å². The van der Waals surface area contributed by atoms with E-state index in [9.17, 15) is 13.2 Å². The molecule has 2 aromatic rings. The molecule has 5 heteroatoms. The summed E-state index contributed by atoms with van der Waals surface area (Å²) in [5, 5.41) is 0. The first-order valence-corrected chi connectivity index (χ1v) is 6.48. The first-order valence-electron chi connectivity index (χ1n) is 6.48. The molecule has 0 aliphatic carbocycles. The van der Waals surface area contributed by atoms with Gasteiger partial charge in [-0.1, -0.05) is 35.9 Å². The van der Waals surface area contributed by atoms with Crippen molar-refractivity contribution in [2.45, 2.75) is 26.3 Å². The van der Waals surface area contributed by atoms with Crippen LogP contribution in [0.2, 0.25) is 0 Å². The van der Waals surface area contributed by atoms with Gasteiger partial charge in [-0.15, -0.1) is 0 Å². The number of ether oxygens (including phenoxy) is 1. The summed E-state index contributed by atoms with van der Waals surface area (Å²) in [6.45, 7) is 2.06. The standard InChI is InChI=1S/C16H16F3NO/c1-11-3-2-4-13(7-11)10-21-15-6-5-12(9-20)8-14(15)16(17,18)19/h2-8H,9-10,20H2,1H3. The van der Waals surface area contributed by atoms with E-state index in [0.29, 0.717) is 5.56 Å². The molecule has 0 saturated heterocycles. The Hall–Kier alpha value is -2.01. The molecule has 2 N–H and O–H groups in total. The van der Waals surface area contributed by atoms with Crippen LogP contribution in [-0.4, -0.2) is 0 Å². The first-order chi connectivity index (χ1) is 9.90. The molecule has 0 fully saturated rings. The number of hydrogen-bond acceptors (Lipinski definition) is 2. The molecule has 0 aromatic heterocycles. The summed E-state index contributed by atoms with van der Waals surface area (Å²) in [4.78, 5) is 0. The molecule has 2 rings (SSSR count). The van der Waals surface area contributed by atoms with Gasteiger partial charge in [-0.05, 0) is 30.2 Å². The molecule has 21 heavy (non-hydrogen) atoms. The lowest BCUT2D eigenvalue weighted by molar-refractivity contribution is -0.139. The third-order valence-corrected chi connectivity index (χ3v) is 3.06. The highest BCUT2D eigenvalue weighted by atomic mass is 19.4. The second-order valence-corrected chi connectivity index (χ2v) is 4.81. The summed E-state index contributed by atoms with van der Waals surface area (Å²) in [5.41, 5.74) is 6.87. The molecule has 2 nitrogen and oxygen atoms in total. The second-order valence-electron chi connectivity index (χ2n) is 4.81. The molecular weight excluding hydrogens is 279 g/mol. The molecule has 0 aliphatic heterocycles. The molecule has 0 heterocycles. The van der Waals surface area contributed by atoms with Crippen molar-refractivity contribution in [1.82, 2.24) is 0 Å². The Morgan fingerprint density at radius 1 is 1.05 bits per heavy atom. The van der Waals surface area contributed by atoms with Crippen LogP contribution in [0.3, 0.4) is 0 Å². The quantitative estimate of drug-likeness (QED) is 0.923. The van der Waals surface area contributed by atoms with Crippen LogP contribution in [0.4, 0.5) is 13.2 Å². The monoisotopic (exact) mass is 295 g/mol. The summed E-state index contributed by atoms with van der Waals surface area (Å²) >= 11 is 0. The number of benzene rings is 2. The van der Waals surface area contributed by atoms with Crippen LogP contribution in [0, 0.1) is 6.92 Å². The molecule has 0 bridgehead atoms. The average molecular weight is 295 g/mol. The average Bonchev–Trinajstić information content (AvgIpc) is 2.44. The minimum absolute atomic E-state index is 0.0568. The van der Waals surface area contributed by atoms with E-state index >= 15 is 0 Å². The third-order valence-electron chi connectivity index (χ3n) is 3.06. The maximum absolute atomic E-state index is 13.0. The molecule has 112 valence electrons. The normalized spacial score (nSPS) is 11.5. The molecule has 0 saturated carbocycles. The van der Waals surface area contributed by atoms with Crippen LogP contribution in [-0.2, 0) is 19.3 Å². The number of rotatable bonds is 4. The summed E-state index contributed by atoms with van der Waals surface area (Å²) in [5.74, 6) is -0.179. The SMILES string of the molecule is Cc1cccc(COc2ccc(CN)cc2C(F)(F)F)c1. The topological polar surface area (TPSA) is 35.2 Å². The van der Waals surface area contributed by atoms with Crippen molar-refractivity contribution in [1.29, 1.82) is 0 Å². The molecule has 0 atom stereocenters. The van der Waals surface area contributed by atoms with Gasteiger partial charge >= 0.3 is 6.18 Å². The van der Waals surface area contributed by atoms with E-state index in [1.165, 1.54) is 6.07 Å². The second kappa shape index (κ2) is 6.18. The van der Waals surface area contributed by atoms with E-state index in [1.54, 1.807) is 6.07 Å². The van der Waals surface area contributed by atoms with Crippen LogP contribution in [0.5, 0.6) is 5.75 Å². The van der Waals surface area contributed by atoms with Gasteiger partial charge in [0.05, 0.1) is 5.56 Å². The predicted octanol–water partition coefficient (Wildman–Crippen LogP) is 4.05. The van der Waals surface area contributed by atoms with Gasteiger partial charge in [-0.3, -0.25) is 0 Å². The first kappa shape index (κ1) is 15.4. The lowest BCUT2D eigenvalue weighted by Gasteiger charge is -2.15. The van der Waals surface area contributed by atoms with Gasteiger partial charge in [0.2, 0.25) is 0 Å². The van der Waals surface area contributed by atoms with E-state index in [0.717, 1.165) is 17.2 Å². The maximum Gasteiger partial charge on any atom is 0.419 e. The van der Waals surface area contributed by atoms with Crippen molar-refractivity contribution in [2.75, 3.05) is 0 Å². The number of nitrogens with two attached hydrogens (primary N) is 1. The smallest absolute Gasteiger partial charge is 0.419 e. The molecule has 0 radical (unpaired) electrons. The largest absolute Gasteiger partial charge is 0.488 e. The van der Waals surface area contributed by atoms with Gasteiger partial charge in [0.25, 0.3) is 0 Å². The van der Waals surface area contributed by atoms with Gasteiger partial charge < -0.3 is 10.5 Å². The summed E-state index contributed by atoms with van der Waals surface area (Å²) in [6, 6.07) is 11.3. The van der Waals surface area contributed by atoms with Gasteiger partial charge in [0.15, 0.2) is 0 Å². The van der Waals surface area contributed by atoms with Crippen LogP contribution in [0.15, 0.2) is 42.5 Å². The van der Waals surface area contributed by atoms with E-state index in [4.69, 9.17) is 10.5 Å². The van der Waals surface area contributed by atoms with E-state index in [1.807, 2.05) is 31.2 Å². The number of halogens is 3. The number of aryl methyl sites for hydroxylation is 1. The summed E-state index contributed by atoms with van der Waals surface area (Å²) in [6.07, 6.45) is -4.47. The molecule has 0 aliphatic rings.